The summed E-state index contributed by atoms with van der Waals surface area (Å²) in [5.74, 6) is -1.29. The van der Waals surface area contributed by atoms with E-state index in [1.807, 2.05) is 25.1 Å². The minimum atomic E-state index is -4.40. The van der Waals surface area contributed by atoms with Gasteiger partial charge in [0.25, 0.3) is 11.8 Å². The number of hydrogen-bond donors (Lipinski definition) is 2. The van der Waals surface area contributed by atoms with Crippen molar-refractivity contribution >= 4 is 17.5 Å². The maximum atomic E-state index is 12.3. The number of amides is 2. The lowest BCUT2D eigenvalue weighted by atomic mass is 10.2. The molecule has 0 fully saturated rings. The lowest BCUT2D eigenvalue weighted by Gasteiger charge is -2.24. The predicted octanol–water partition coefficient (Wildman–Crippen LogP) is 1.40. The standard InChI is InChI=1S/C15H21F3N4O2/c1-10(22(4)9-15(16,17)18)13(23)19-20-14(24)11-6-5-7-12(8-11)21(2)3/h5-8,10H,9H2,1-4H3,(H,19,23)(H,20,24)/t10-/m1/s1. The van der Waals surface area contributed by atoms with Crippen LogP contribution < -0.4 is 15.8 Å². The molecule has 24 heavy (non-hydrogen) atoms. The van der Waals surface area contributed by atoms with Gasteiger partial charge in [-0.2, -0.15) is 13.2 Å². The average molecular weight is 346 g/mol. The van der Waals surface area contributed by atoms with E-state index >= 15 is 0 Å². The molecule has 0 aliphatic rings. The van der Waals surface area contributed by atoms with Crippen molar-refractivity contribution in [2.24, 2.45) is 0 Å². The number of carbonyl (C=O) groups is 2. The van der Waals surface area contributed by atoms with Gasteiger partial charge in [0.2, 0.25) is 0 Å². The molecule has 0 aliphatic carbocycles. The Morgan fingerprint density at radius 2 is 1.79 bits per heavy atom. The zero-order chi connectivity index (χ0) is 18.5. The van der Waals surface area contributed by atoms with E-state index in [1.165, 1.54) is 14.0 Å². The Morgan fingerprint density at radius 1 is 1.17 bits per heavy atom. The SMILES string of the molecule is C[C@H](C(=O)NNC(=O)c1cccc(N(C)C)c1)N(C)CC(F)(F)F. The second kappa shape index (κ2) is 8.00. The molecule has 1 aromatic carbocycles. The van der Waals surface area contributed by atoms with Gasteiger partial charge in [-0.3, -0.25) is 25.3 Å². The molecule has 1 atom stereocenters. The summed E-state index contributed by atoms with van der Waals surface area (Å²) in [7, 11) is 4.81. The van der Waals surface area contributed by atoms with Gasteiger partial charge >= 0.3 is 6.18 Å². The Kier molecular flexibility index (Phi) is 6.59. The van der Waals surface area contributed by atoms with Crippen molar-refractivity contribution in [3.05, 3.63) is 29.8 Å². The van der Waals surface area contributed by atoms with Gasteiger partial charge in [-0.05, 0) is 32.2 Å². The number of hydrazine groups is 1. The summed E-state index contributed by atoms with van der Waals surface area (Å²) in [5, 5.41) is 0. The molecule has 0 bridgehead atoms. The molecule has 1 aromatic rings. The smallest absolute Gasteiger partial charge is 0.378 e. The summed E-state index contributed by atoms with van der Waals surface area (Å²) in [5.41, 5.74) is 5.45. The minimum Gasteiger partial charge on any atom is -0.378 e. The van der Waals surface area contributed by atoms with E-state index in [2.05, 4.69) is 10.9 Å². The molecule has 0 unspecified atom stereocenters. The molecule has 0 aliphatic heterocycles. The summed E-state index contributed by atoms with van der Waals surface area (Å²) in [4.78, 5) is 26.5. The van der Waals surface area contributed by atoms with Gasteiger partial charge in [0.05, 0.1) is 12.6 Å². The van der Waals surface area contributed by atoms with Crippen LogP contribution in [0, 0.1) is 0 Å². The molecule has 6 nitrogen and oxygen atoms in total. The van der Waals surface area contributed by atoms with Crippen LogP contribution in [-0.2, 0) is 4.79 Å². The summed E-state index contributed by atoms with van der Waals surface area (Å²) < 4.78 is 37.0. The van der Waals surface area contributed by atoms with E-state index in [4.69, 9.17) is 0 Å². The molecule has 0 spiro atoms. The monoisotopic (exact) mass is 346 g/mol. The topological polar surface area (TPSA) is 64.7 Å². The van der Waals surface area contributed by atoms with E-state index < -0.39 is 30.6 Å². The number of rotatable bonds is 5. The lowest BCUT2D eigenvalue weighted by Crippen LogP contribution is -2.51. The van der Waals surface area contributed by atoms with E-state index in [9.17, 15) is 22.8 Å². The maximum absolute atomic E-state index is 12.3. The summed E-state index contributed by atoms with van der Waals surface area (Å²) >= 11 is 0. The van der Waals surface area contributed by atoms with Crippen LogP contribution in [0.3, 0.4) is 0 Å². The van der Waals surface area contributed by atoms with Gasteiger partial charge in [0.15, 0.2) is 0 Å². The molecule has 0 saturated heterocycles. The zero-order valence-electron chi connectivity index (χ0n) is 13.9. The first-order valence-corrected chi connectivity index (χ1v) is 7.16. The second-order valence-electron chi connectivity index (χ2n) is 5.59. The van der Waals surface area contributed by atoms with E-state index in [1.54, 1.807) is 18.2 Å². The normalized spacial score (nSPS) is 12.7. The van der Waals surface area contributed by atoms with Gasteiger partial charge in [0.1, 0.15) is 0 Å². The Bertz CT molecular complexity index is 590. The van der Waals surface area contributed by atoms with Crippen LogP contribution in [0.25, 0.3) is 0 Å². The fraction of sp³-hybridized carbons (Fsp3) is 0.467. The third-order valence-electron chi connectivity index (χ3n) is 3.39. The minimum absolute atomic E-state index is 0.317. The Morgan fingerprint density at radius 3 is 2.33 bits per heavy atom. The molecule has 2 N–H and O–H groups in total. The number of nitrogens with one attached hydrogen (secondary N) is 2. The van der Waals surface area contributed by atoms with Crippen molar-refractivity contribution < 1.29 is 22.8 Å². The highest BCUT2D eigenvalue weighted by molar-refractivity contribution is 5.96. The predicted molar refractivity (Wildman–Crippen MR) is 84.5 cm³/mol. The van der Waals surface area contributed by atoms with Gasteiger partial charge in [0, 0.05) is 25.3 Å². The second-order valence-corrected chi connectivity index (χ2v) is 5.59. The van der Waals surface area contributed by atoms with Gasteiger partial charge in [-0.15, -0.1) is 0 Å². The third kappa shape index (κ3) is 6.07. The number of nitrogens with zero attached hydrogens (tertiary/aromatic N) is 2. The molecule has 0 aromatic heterocycles. The number of anilines is 1. The quantitative estimate of drug-likeness (QED) is 0.791. The molecule has 1 rings (SSSR count). The van der Waals surface area contributed by atoms with Crippen LogP contribution in [0.15, 0.2) is 24.3 Å². The van der Waals surface area contributed by atoms with Crippen LogP contribution in [0.4, 0.5) is 18.9 Å². The first-order chi connectivity index (χ1) is 11.0. The molecule has 0 radical (unpaired) electrons. The van der Waals surface area contributed by atoms with Crippen LogP contribution in [0.1, 0.15) is 17.3 Å². The van der Waals surface area contributed by atoms with Gasteiger partial charge in [-0.25, -0.2) is 0 Å². The van der Waals surface area contributed by atoms with Crippen LogP contribution >= 0.6 is 0 Å². The lowest BCUT2D eigenvalue weighted by molar-refractivity contribution is -0.151. The Labute approximate surface area is 138 Å². The van der Waals surface area contributed by atoms with Gasteiger partial charge in [-0.1, -0.05) is 6.07 Å². The van der Waals surface area contributed by atoms with E-state index in [0.29, 0.717) is 5.56 Å². The van der Waals surface area contributed by atoms with Crippen molar-refractivity contribution in [3.8, 4) is 0 Å². The van der Waals surface area contributed by atoms with Crippen LogP contribution in [0.5, 0.6) is 0 Å². The molecule has 0 saturated carbocycles. The highest BCUT2D eigenvalue weighted by Gasteiger charge is 2.32. The van der Waals surface area contributed by atoms with Crippen molar-refractivity contribution in [1.82, 2.24) is 15.8 Å². The first-order valence-electron chi connectivity index (χ1n) is 7.16. The van der Waals surface area contributed by atoms with E-state index in [0.717, 1.165) is 10.6 Å². The van der Waals surface area contributed by atoms with Crippen molar-refractivity contribution in [1.29, 1.82) is 0 Å². The Hall–Kier alpha value is -2.29. The molecular weight excluding hydrogens is 325 g/mol. The summed E-state index contributed by atoms with van der Waals surface area (Å²) in [6.07, 6.45) is -4.40. The summed E-state index contributed by atoms with van der Waals surface area (Å²) in [6.45, 7) is 0.0975. The van der Waals surface area contributed by atoms with Crippen molar-refractivity contribution in [3.63, 3.8) is 0 Å². The highest BCUT2D eigenvalue weighted by Crippen LogP contribution is 2.17. The third-order valence-corrected chi connectivity index (χ3v) is 3.39. The number of hydrogen-bond acceptors (Lipinski definition) is 4. The first kappa shape index (κ1) is 19.8. The number of alkyl halides is 3. The maximum Gasteiger partial charge on any atom is 0.401 e. The fourth-order valence-electron chi connectivity index (χ4n) is 1.84. The number of benzene rings is 1. The number of halogens is 3. The zero-order valence-corrected chi connectivity index (χ0v) is 13.9. The van der Waals surface area contributed by atoms with Crippen LogP contribution in [0.2, 0.25) is 0 Å². The van der Waals surface area contributed by atoms with E-state index in [-0.39, 0.29) is 0 Å². The molecule has 2 amide bonds. The molecule has 9 heteroatoms. The number of carbonyl (C=O) groups excluding carboxylic acids is 2. The fourth-order valence-corrected chi connectivity index (χ4v) is 1.84. The largest absolute Gasteiger partial charge is 0.401 e. The molecular formula is C15H21F3N4O2. The van der Waals surface area contributed by atoms with Gasteiger partial charge < -0.3 is 4.90 Å². The molecule has 0 heterocycles. The summed E-state index contributed by atoms with van der Waals surface area (Å²) in [6, 6.07) is 5.63. The van der Waals surface area contributed by atoms with Crippen molar-refractivity contribution in [2.45, 2.75) is 19.1 Å². The molecule has 134 valence electrons. The van der Waals surface area contributed by atoms with Crippen LogP contribution in [-0.4, -0.2) is 56.6 Å². The average Bonchev–Trinajstić information content (AvgIpc) is 2.49. The van der Waals surface area contributed by atoms with Crippen molar-refractivity contribution in [2.75, 3.05) is 32.6 Å². The highest BCUT2D eigenvalue weighted by atomic mass is 19.4. The number of likely N-dealkylation sites (N-methyl/N-ethyl adjacent to an activating group) is 1. The Balaban J connectivity index is 2.60.